The van der Waals surface area contributed by atoms with Crippen LogP contribution in [0.1, 0.15) is 18.9 Å². The zero-order chi connectivity index (χ0) is 14.9. The molecule has 0 amide bonds. The summed E-state index contributed by atoms with van der Waals surface area (Å²) in [5.74, 6) is 0.572. The van der Waals surface area contributed by atoms with Gasteiger partial charge in [-0.1, -0.05) is 6.07 Å². The number of benzene rings is 1. The Bertz CT molecular complexity index is 795. The molecule has 1 saturated heterocycles. The van der Waals surface area contributed by atoms with Gasteiger partial charge < -0.3 is 9.88 Å². The molecule has 0 radical (unpaired) electrons. The van der Waals surface area contributed by atoms with Crippen LogP contribution in [-0.4, -0.2) is 27.6 Å². The van der Waals surface area contributed by atoms with E-state index >= 15 is 0 Å². The summed E-state index contributed by atoms with van der Waals surface area (Å²) in [5, 5.41) is 3.38. The Hall–Kier alpha value is -2.34. The molecule has 3 aromatic rings. The van der Waals surface area contributed by atoms with Gasteiger partial charge >= 0.3 is 0 Å². The predicted molar refractivity (Wildman–Crippen MR) is 86.6 cm³/mol. The zero-order valence-electron chi connectivity index (χ0n) is 12.6. The molecule has 0 unspecified atom stereocenters. The van der Waals surface area contributed by atoms with Gasteiger partial charge in [-0.25, -0.2) is 9.37 Å². The molecule has 23 heavy (non-hydrogen) atoms. The smallest absolute Gasteiger partial charge is 0.160 e. The number of nitrogens with one attached hydrogen (secondary N) is 1. The van der Waals surface area contributed by atoms with Crippen molar-refractivity contribution in [3.63, 3.8) is 0 Å². The first kappa shape index (κ1) is 15.6. The minimum atomic E-state index is -0.255. The Balaban J connectivity index is 0.00000156. The summed E-state index contributed by atoms with van der Waals surface area (Å²) in [4.78, 5) is 9.09. The highest BCUT2D eigenvalue weighted by Crippen LogP contribution is 2.31. The molecule has 1 aliphatic rings. The zero-order valence-corrected chi connectivity index (χ0v) is 12.6. The highest BCUT2D eigenvalue weighted by Gasteiger charge is 2.22. The van der Waals surface area contributed by atoms with Crippen molar-refractivity contribution >= 4 is 11.0 Å². The third kappa shape index (κ3) is 2.82. The number of piperidine rings is 1. The maximum Gasteiger partial charge on any atom is 0.160 e. The lowest BCUT2D eigenvalue weighted by atomic mass is 10.1. The molecule has 0 atom stereocenters. The van der Waals surface area contributed by atoms with Gasteiger partial charge in [0.2, 0.25) is 0 Å². The van der Waals surface area contributed by atoms with Crippen LogP contribution in [0.25, 0.3) is 22.6 Å². The van der Waals surface area contributed by atoms with Gasteiger partial charge in [0.15, 0.2) is 5.82 Å². The van der Waals surface area contributed by atoms with Crippen LogP contribution in [0.15, 0.2) is 42.6 Å². The molecule has 6 heteroatoms. The SMILES string of the molecule is F.Fc1ccc2c(c1)nc(-c1ccccn1)n2C1CCNCC1. The highest BCUT2D eigenvalue weighted by molar-refractivity contribution is 5.80. The first-order chi connectivity index (χ1) is 10.8. The van der Waals surface area contributed by atoms with Crippen LogP contribution in [0.3, 0.4) is 0 Å². The molecular weight excluding hydrogens is 298 g/mol. The first-order valence-corrected chi connectivity index (χ1v) is 7.62. The van der Waals surface area contributed by atoms with Gasteiger partial charge in [0, 0.05) is 18.3 Å². The van der Waals surface area contributed by atoms with E-state index in [0.29, 0.717) is 11.6 Å². The van der Waals surface area contributed by atoms with E-state index in [1.165, 1.54) is 12.1 Å². The molecule has 0 spiro atoms. The van der Waals surface area contributed by atoms with Crippen molar-refractivity contribution in [1.29, 1.82) is 0 Å². The van der Waals surface area contributed by atoms with E-state index in [1.807, 2.05) is 24.3 Å². The third-order valence-corrected chi connectivity index (χ3v) is 4.22. The standard InChI is InChI=1S/C17H17FN4.FH/c18-12-4-5-16-15(11-12)21-17(14-3-1-2-8-20-14)22(16)13-6-9-19-10-7-13;/h1-5,8,11,13,19H,6-7,9-10H2;1H. The van der Waals surface area contributed by atoms with Crippen LogP contribution in [0.4, 0.5) is 9.09 Å². The fourth-order valence-electron chi connectivity index (χ4n) is 3.18. The van der Waals surface area contributed by atoms with Crippen LogP contribution in [0, 0.1) is 5.82 Å². The summed E-state index contributed by atoms with van der Waals surface area (Å²) < 4.78 is 15.8. The van der Waals surface area contributed by atoms with Crippen molar-refractivity contribution in [2.45, 2.75) is 18.9 Å². The average molecular weight is 316 g/mol. The van der Waals surface area contributed by atoms with Crippen molar-refractivity contribution in [2.24, 2.45) is 0 Å². The summed E-state index contributed by atoms with van der Waals surface area (Å²) in [6.45, 7) is 1.99. The fourth-order valence-corrected chi connectivity index (χ4v) is 3.18. The molecule has 1 aromatic carbocycles. The van der Waals surface area contributed by atoms with E-state index in [0.717, 1.165) is 43.0 Å². The molecule has 4 rings (SSSR count). The number of rotatable bonds is 2. The van der Waals surface area contributed by atoms with Gasteiger partial charge in [0.25, 0.3) is 0 Å². The molecule has 0 aliphatic carbocycles. The lowest BCUT2D eigenvalue weighted by Gasteiger charge is -2.26. The van der Waals surface area contributed by atoms with Gasteiger partial charge in [-0.15, -0.1) is 0 Å². The van der Waals surface area contributed by atoms with Gasteiger partial charge in [-0.2, -0.15) is 0 Å². The van der Waals surface area contributed by atoms with E-state index in [9.17, 15) is 4.39 Å². The molecule has 0 saturated carbocycles. The molecule has 1 aliphatic heterocycles. The van der Waals surface area contributed by atoms with Gasteiger partial charge in [-0.05, 0) is 50.2 Å². The Morgan fingerprint density at radius 2 is 1.96 bits per heavy atom. The third-order valence-electron chi connectivity index (χ3n) is 4.22. The molecule has 1 N–H and O–H groups in total. The number of hydrogen-bond donors (Lipinski definition) is 1. The minimum Gasteiger partial charge on any atom is -0.319 e. The Morgan fingerprint density at radius 1 is 1.13 bits per heavy atom. The van der Waals surface area contributed by atoms with E-state index in [4.69, 9.17) is 0 Å². The molecule has 0 bridgehead atoms. The molecule has 3 heterocycles. The molecule has 4 nitrogen and oxygen atoms in total. The van der Waals surface area contributed by atoms with E-state index in [2.05, 4.69) is 19.9 Å². The fraction of sp³-hybridized carbons (Fsp3) is 0.294. The second-order valence-electron chi connectivity index (χ2n) is 5.63. The van der Waals surface area contributed by atoms with E-state index in [-0.39, 0.29) is 10.5 Å². The van der Waals surface area contributed by atoms with Crippen LogP contribution in [0.2, 0.25) is 0 Å². The summed E-state index contributed by atoms with van der Waals surface area (Å²) >= 11 is 0. The highest BCUT2D eigenvalue weighted by atomic mass is 19.1. The number of hydrogen-bond acceptors (Lipinski definition) is 3. The van der Waals surface area contributed by atoms with Crippen molar-refractivity contribution in [1.82, 2.24) is 19.9 Å². The molecule has 2 aromatic heterocycles. The van der Waals surface area contributed by atoms with Crippen molar-refractivity contribution in [3.05, 3.63) is 48.4 Å². The maximum absolute atomic E-state index is 13.5. The number of nitrogens with zero attached hydrogens (tertiary/aromatic N) is 3. The van der Waals surface area contributed by atoms with E-state index in [1.54, 1.807) is 6.20 Å². The Labute approximate surface area is 132 Å². The second kappa shape index (κ2) is 6.42. The number of aromatic nitrogens is 3. The number of pyridine rings is 1. The maximum atomic E-state index is 13.5. The lowest BCUT2D eigenvalue weighted by molar-refractivity contribution is 0.377. The van der Waals surface area contributed by atoms with Crippen LogP contribution in [-0.2, 0) is 0 Å². The molecular formula is C17H18F2N4. The van der Waals surface area contributed by atoms with Gasteiger partial charge in [-0.3, -0.25) is 9.69 Å². The van der Waals surface area contributed by atoms with Crippen LogP contribution >= 0.6 is 0 Å². The predicted octanol–water partition coefficient (Wildman–Crippen LogP) is 3.31. The van der Waals surface area contributed by atoms with Crippen molar-refractivity contribution in [3.8, 4) is 11.5 Å². The Kier molecular flexibility index (Phi) is 4.34. The normalized spacial score (nSPS) is 15.5. The monoisotopic (exact) mass is 316 g/mol. The number of fused-ring (bicyclic) bond motifs is 1. The molecule has 120 valence electrons. The van der Waals surface area contributed by atoms with Crippen molar-refractivity contribution in [2.75, 3.05) is 13.1 Å². The second-order valence-corrected chi connectivity index (χ2v) is 5.63. The summed E-state index contributed by atoms with van der Waals surface area (Å²) in [6, 6.07) is 11.0. The van der Waals surface area contributed by atoms with Crippen LogP contribution in [0.5, 0.6) is 0 Å². The largest absolute Gasteiger partial charge is 0.319 e. The van der Waals surface area contributed by atoms with Gasteiger partial charge in [0.1, 0.15) is 11.5 Å². The van der Waals surface area contributed by atoms with Crippen molar-refractivity contribution < 1.29 is 9.09 Å². The minimum absolute atomic E-state index is 0. The lowest BCUT2D eigenvalue weighted by Crippen LogP contribution is -2.29. The number of halogens is 2. The topological polar surface area (TPSA) is 42.7 Å². The quantitative estimate of drug-likeness (QED) is 0.789. The summed E-state index contributed by atoms with van der Waals surface area (Å²) in [5.41, 5.74) is 2.51. The van der Waals surface area contributed by atoms with Gasteiger partial charge in [0.05, 0.1) is 11.0 Å². The summed E-state index contributed by atoms with van der Waals surface area (Å²) in [6.07, 6.45) is 3.85. The van der Waals surface area contributed by atoms with E-state index < -0.39 is 0 Å². The van der Waals surface area contributed by atoms with Crippen LogP contribution < -0.4 is 5.32 Å². The Morgan fingerprint density at radius 3 is 2.70 bits per heavy atom. The first-order valence-electron chi connectivity index (χ1n) is 7.62. The number of imidazole rings is 1. The average Bonchev–Trinajstić information content (AvgIpc) is 2.95. The molecule has 1 fully saturated rings. The summed E-state index contributed by atoms with van der Waals surface area (Å²) in [7, 11) is 0.